The number of fused-ring (bicyclic) bond motifs is 2. The van der Waals surface area contributed by atoms with Gasteiger partial charge in [-0.15, -0.1) is 0 Å². The van der Waals surface area contributed by atoms with Crippen molar-refractivity contribution in [2.45, 2.75) is 11.9 Å². The van der Waals surface area contributed by atoms with Crippen LogP contribution in [0.4, 0.5) is 8.78 Å². The average molecular weight is 423 g/mol. The van der Waals surface area contributed by atoms with Gasteiger partial charge in [-0.2, -0.15) is 13.1 Å². The van der Waals surface area contributed by atoms with Gasteiger partial charge in [0.1, 0.15) is 18.6 Å². The minimum absolute atomic E-state index is 0.142. The van der Waals surface area contributed by atoms with Crippen LogP contribution in [0.1, 0.15) is 5.56 Å². The quantitative estimate of drug-likeness (QED) is 0.179. The van der Waals surface area contributed by atoms with Crippen molar-refractivity contribution >= 4 is 45.5 Å². The highest BCUT2D eigenvalue weighted by molar-refractivity contribution is 7.96. The van der Waals surface area contributed by atoms with Crippen LogP contribution >= 0.6 is 12.0 Å². The normalized spacial score (nSPS) is 11.6. The molecule has 0 unspecified atom stereocenters. The maximum atomic E-state index is 13.2. The van der Waals surface area contributed by atoms with Crippen LogP contribution in [0.3, 0.4) is 0 Å². The Labute approximate surface area is 167 Å². The molecule has 3 rings (SSSR count). The van der Waals surface area contributed by atoms with Gasteiger partial charge >= 0.3 is 17.2 Å². The Balaban J connectivity index is 1.69. The number of carbonyl (C=O) groups is 2. The molecular weight excluding hydrogens is 410 g/mol. The third-order valence-electron chi connectivity index (χ3n) is 3.99. The summed E-state index contributed by atoms with van der Waals surface area (Å²) in [5, 5.41) is 11.7. The van der Waals surface area contributed by atoms with Crippen molar-refractivity contribution in [3.63, 3.8) is 0 Å². The monoisotopic (exact) mass is 423 g/mol. The SMILES string of the molecule is O=C(COC(=O)C(F)(F)SOO[O-])OCc1c2ccccc2cc2ccccc12. The first-order chi connectivity index (χ1) is 13.9. The van der Waals surface area contributed by atoms with Gasteiger partial charge in [-0.3, -0.25) is 5.04 Å². The summed E-state index contributed by atoms with van der Waals surface area (Å²) in [4.78, 5) is 23.1. The third-order valence-corrected chi connectivity index (χ3v) is 4.49. The minimum atomic E-state index is -4.23. The molecule has 29 heavy (non-hydrogen) atoms. The van der Waals surface area contributed by atoms with Crippen molar-refractivity contribution in [1.29, 1.82) is 0 Å². The van der Waals surface area contributed by atoms with Crippen LogP contribution in [0.25, 0.3) is 21.5 Å². The molecule has 10 heteroatoms. The molecule has 0 fully saturated rings. The predicted molar refractivity (Wildman–Crippen MR) is 96.9 cm³/mol. The number of rotatable bonds is 8. The van der Waals surface area contributed by atoms with Crippen molar-refractivity contribution in [2.24, 2.45) is 0 Å². The number of benzene rings is 3. The molecule has 0 heterocycles. The third kappa shape index (κ3) is 4.98. The fourth-order valence-corrected chi connectivity index (χ4v) is 3.00. The Morgan fingerprint density at radius 3 is 2.14 bits per heavy atom. The molecule has 0 spiro atoms. The first-order valence-electron chi connectivity index (χ1n) is 8.17. The Bertz CT molecular complexity index is 987. The number of esters is 2. The zero-order valence-corrected chi connectivity index (χ0v) is 15.4. The molecule has 0 atom stereocenters. The molecule has 152 valence electrons. The number of ether oxygens (including phenoxy) is 2. The van der Waals surface area contributed by atoms with Crippen molar-refractivity contribution in [1.82, 2.24) is 0 Å². The predicted octanol–water partition coefficient (Wildman–Crippen LogP) is 3.04. The second kappa shape index (κ2) is 9.14. The van der Waals surface area contributed by atoms with E-state index in [-0.39, 0.29) is 6.61 Å². The molecule has 0 aliphatic heterocycles. The van der Waals surface area contributed by atoms with Crippen LogP contribution in [0.15, 0.2) is 54.6 Å². The molecule has 0 N–H and O–H groups in total. The summed E-state index contributed by atoms with van der Waals surface area (Å²) in [6.07, 6.45) is 0. The summed E-state index contributed by atoms with van der Waals surface area (Å²) in [7, 11) is 0. The Morgan fingerprint density at radius 1 is 0.966 bits per heavy atom. The van der Waals surface area contributed by atoms with Gasteiger partial charge in [0.25, 0.3) is 0 Å². The van der Waals surface area contributed by atoms with Gasteiger partial charge in [0, 0.05) is 5.56 Å². The maximum Gasteiger partial charge on any atom is 0.415 e. The van der Waals surface area contributed by atoms with Crippen molar-refractivity contribution < 1.29 is 42.5 Å². The molecule has 7 nitrogen and oxygen atoms in total. The zero-order chi connectivity index (χ0) is 20.9. The number of alkyl halides is 2. The summed E-state index contributed by atoms with van der Waals surface area (Å²) < 4.78 is 39.2. The largest absolute Gasteiger partial charge is 0.691 e. The van der Waals surface area contributed by atoms with E-state index >= 15 is 0 Å². The second-order valence-electron chi connectivity index (χ2n) is 5.77. The van der Waals surface area contributed by atoms with Crippen molar-refractivity contribution in [2.75, 3.05) is 6.61 Å². The fourth-order valence-electron chi connectivity index (χ4n) is 2.76. The second-order valence-corrected chi connectivity index (χ2v) is 6.59. The minimum Gasteiger partial charge on any atom is -0.691 e. The van der Waals surface area contributed by atoms with E-state index in [2.05, 4.69) is 14.1 Å². The lowest BCUT2D eigenvalue weighted by molar-refractivity contribution is -0.777. The van der Waals surface area contributed by atoms with Crippen LogP contribution < -0.4 is 5.26 Å². The number of hydrogen-bond acceptors (Lipinski definition) is 8. The maximum absolute atomic E-state index is 13.2. The van der Waals surface area contributed by atoms with Crippen LogP contribution in [0.5, 0.6) is 0 Å². The number of hydrogen-bond donors (Lipinski definition) is 0. The Morgan fingerprint density at radius 2 is 1.55 bits per heavy atom. The zero-order valence-electron chi connectivity index (χ0n) is 14.6. The summed E-state index contributed by atoms with van der Waals surface area (Å²) in [6.45, 7) is -1.17. The van der Waals surface area contributed by atoms with Crippen molar-refractivity contribution in [3.05, 3.63) is 60.2 Å². The summed E-state index contributed by atoms with van der Waals surface area (Å²) in [5.74, 6) is -3.09. The lowest BCUT2D eigenvalue weighted by atomic mass is 9.97. The van der Waals surface area contributed by atoms with Gasteiger partial charge in [-0.1, -0.05) is 48.5 Å². The summed E-state index contributed by atoms with van der Waals surface area (Å²) in [6, 6.07) is 17.0. The van der Waals surface area contributed by atoms with Crippen LogP contribution in [0, 0.1) is 0 Å². The van der Waals surface area contributed by atoms with Gasteiger partial charge in [-0.25, -0.2) is 9.59 Å². The van der Waals surface area contributed by atoms with E-state index in [4.69, 9.17) is 4.74 Å². The lowest BCUT2D eigenvalue weighted by Crippen LogP contribution is -2.30. The summed E-state index contributed by atoms with van der Waals surface area (Å²) >= 11 is -0.843. The van der Waals surface area contributed by atoms with E-state index in [1.807, 2.05) is 54.6 Å². The molecule has 0 aliphatic carbocycles. The first-order valence-corrected chi connectivity index (χ1v) is 8.91. The molecule has 3 aromatic carbocycles. The highest BCUT2D eigenvalue weighted by Gasteiger charge is 2.44. The van der Waals surface area contributed by atoms with E-state index in [9.17, 15) is 23.6 Å². The average Bonchev–Trinajstić information content (AvgIpc) is 2.73. The Kier molecular flexibility index (Phi) is 6.60. The fraction of sp³-hybridized carbons (Fsp3) is 0.158. The molecule has 3 aromatic rings. The van der Waals surface area contributed by atoms with Gasteiger partial charge < -0.3 is 14.7 Å². The van der Waals surface area contributed by atoms with Crippen molar-refractivity contribution in [3.8, 4) is 0 Å². The lowest BCUT2D eigenvalue weighted by Gasteiger charge is -2.14. The standard InChI is InChI=1S/C19H14F2O7S/c20-19(21,29-28-27-24)18(23)26-11-17(22)25-10-16-14-7-3-1-5-12(14)9-13-6-2-4-8-15(13)16/h1-9,24H,10-11H2/p-1. The van der Waals surface area contributed by atoms with Crippen LogP contribution in [-0.2, 0) is 35.0 Å². The molecule has 0 aromatic heterocycles. The molecule has 0 aliphatic rings. The summed E-state index contributed by atoms with van der Waals surface area (Å²) in [5.41, 5.74) is 0.736. The highest BCUT2D eigenvalue weighted by atomic mass is 32.2. The Hall–Kier alpha value is -2.79. The highest BCUT2D eigenvalue weighted by Crippen LogP contribution is 2.31. The van der Waals surface area contributed by atoms with E-state index in [1.165, 1.54) is 0 Å². The topological polar surface area (TPSA) is 94.1 Å². The molecular formula is C19H13F2O7S-. The van der Waals surface area contributed by atoms with Crippen LogP contribution in [0.2, 0.25) is 0 Å². The molecule has 0 saturated heterocycles. The van der Waals surface area contributed by atoms with Gasteiger partial charge in [-0.05, 0) is 27.6 Å². The molecule has 0 saturated carbocycles. The van der Waals surface area contributed by atoms with E-state index in [0.29, 0.717) is 0 Å². The first kappa shape index (κ1) is 20.9. The molecule has 0 bridgehead atoms. The van der Waals surface area contributed by atoms with E-state index < -0.39 is 35.8 Å². The molecule has 0 radical (unpaired) electrons. The van der Waals surface area contributed by atoms with Crippen LogP contribution in [-0.4, -0.2) is 23.8 Å². The van der Waals surface area contributed by atoms with E-state index in [0.717, 1.165) is 27.1 Å². The number of carbonyl (C=O) groups excluding carboxylic acids is 2. The van der Waals surface area contributed by atoms with E-state index in [1.54, 1.807) is 0 Å². The van der Waals surface area contributed by atoms with Gasteiger partial charge in [0.15, 0.2) is 6.61 Å². The number of halogens is 2. The van der Waals surface area contributed by atoms with Gasteiger partial charge in [0.2, 0.25) is 0 Å². The molecule has 0 amide bonds. The smallest absolute Gasteiger partial charge is 0.415 e. The van der Waals surface area contributed by atoms with Gasteiger partial charge in [0.05, 0.1) is 0 Å².